The smallest absolute Gasteiger partial charge is 0.0328 e. The van der Waals surface area contributed by atoms with Gasteiger partial charge in [0, 0.05) is 24.2 Å². The maximum atomic E-state index is 6.23. The van der Waals surface area contributed by atoms with Gasteiger partial charge in [-0.1, -0.05) is 30.7 Å². The normalized spacial score (nSPS) is 33.1. The van der Waals surface area contributed by atoms with Crippen molar-refractivity contribution in [3.8, 4) is 0 Å². The van der Waals surface area contributed by atoms with E-state index in [1.807, 2.05) is 0 Å². The molecule has 3 atom stereocenters. The summed E-state index contributed by atoms with van der Waals surface area (Å²) in [6.07, 6.45) is 6.43. The zero-order chi connectivity index (χ0) is 13.4. The summed E-state index contributed by atoms with van der Waals surface area (Å²) in [5.74, 6) is 0. The van der Waals surface area contributed by atoms with E-state index in [0.29, 0.717) is 24.2 Å². The first-order chi connectivity index (χ1) is 9.16. The van der Waals surface area contributed by atoms with Crippen LogP contribution in [-0.4, -0.2) is 23.0 Å². The first-order valence-corrected chi connectivity index (χ1v) is 7.75. The van der Waals surface area contributed by atoms with Crippen molar-refractivity contribution in [1.29, 1.82) is 0 Å². The fourth-order valence-corrected chi connectivity index (χ4v) is 4.31. The third kappa shape index (κ3) is 2.44. The third-order valence-corrected chi connectivity index (χ3v) is 5.15. The van der Waals surface area contributed by atoms with Crippen molar-refractivity contribution >= 4 is 0 Å². The molecule has 2 aliphatic heterocycles. The van der Waals surface area contributed by atoms with Gasteiger partial charge in [-0.2, -0.15) is 0 Å². The highest BCUT2D eigenvalue weighted by atomic mass is 15.2. The summed E-state index contributed by atoms with van der Waals surface area (Å²) in [5.41, 5.74) is 9.14. The van der Waals surface area contributed by atoms with Gasteiger partial charge in [0.1, 0.15) is 0 Å². The quantitative estimate of drug-likeness (QED) is 0.881. The van der Waals surface area contributed by atoms with Gasteiger partial charge in [-0.25, -0.2) is 0 Å². The summed E-state index contributed by atoms with van der Waals surface area (Å²) in [5, 5.41) is 0. The Labute approximate surface area is 117 Å². The second-order valence-corrected chi connectivity index (χ2v) is 6.45. The van der Waals surface area contributed by atoms with Gasteiger partial charge in [0.2, 0.25) is 0 Å². The van der Waals surface area contributed by atoms with Crippen LogP contribution in [0.2, 0.25) is 0 Å². The summed E-state index contributed by atoms with van der Waals surface area (Å²) < 4.78 is 0. The maximum Gasteiger partial charge on any atom is 0.0328 e. The van der Waals surface area contributed by atoms with Gasteiger partial charge in [-0.3, -0.25) is 4.90 Å². The second-order valence-electron chi connectivity index (χ2n) is 6.45. The van der Waals surface area contributed by atoms with E-state index in [2.05, 4.69) is 43.0 Å². The molecule has 2 heterocycles. The number of fused-ring (bicyclic) bond motifs is 2. The average molecular weight is 258 g/mol. The molecule has 2 aliphatic rings. The highest BCUT2D eigenvalue weighted by molar-refractivity contribution is 5.29. The first kappa shape index (κ1) is 13.1. The molecule has 19 heavy (non-hydrogen) atoms. The van der Waals surface area contributed by atoms with Gasteiger partial charge in [0.25, 0.3) is 0 Å². The van der Waals surface area contributed by atoms with E-state index in [-0.39, 0.29) is 0 Å². The number of hydrogen-bond donors (Lipinski definition) is 1. The van der Waals surface area contributed by atoms with Crippen LogP contribution in [-0.2, 0) is 0 Å². The molecule has 0 radical (unpaired) electrons. The Morgan fingerprint density at radius 2 is 1.79 bits per heavy atom. The summed E-state index contributed by atoms with van der Waals surface area (Å²) in [6, 6.07) is 11.2. The summed E-state index contributed by atoms with van der Waals surface area (Å²) in [6.45, 7) is 4.61. The molecule has 104 valence electrons. The number of benzene rings is 1. The van der Waals surface area contributed by atoms with Crippen LogP contribution < -0.4 is 5.73 Å². The monoisotopic (exact) mass is 258 g/mol. The lowest BCUT2D eigenvalue weighted by Crippen LogP contribution is -2.55. The highest BCUT2D eigenvalue weighted by Crippen LogP contribution is 2.39. The zero-order valence-electron chi connectivity index (χ0n) is 12.2. The van der Waals surface area contributed by atoms with E-state index in [9.17, 15) is 0 Å². The summed E-state index contributed by atoms with van der Waals surface area (Å²) in [4.78, 5) is 2.77. The zero-order valence-corrected chi connectivity index (χ0v) is 12.2. The van der Waals surface area contributed by atoms with E-state index >= 15 is 0 Å². The standard InChI is InChI=1S/C17H26N2/c1-12-6-3-4-9-17(12)13(2)19-15-7-5-8-16(19)11-14(18)10-15/h3-4,6,9,13-16H,5,7-8,10-11,18H2,1-2H3. The van der Waals surface area contributed by atoms with Crippen LogP contribution in [0.25, 0.3) is 0 Å². The van der Waals surface area contributed by atoms with Crippen LogP contribution in [0.4, 0.5) is 0 Å². The van der Waals surface area contributed by atoms with Gasteiger partial charge >= 0.3 is 0 Å². The van der Waals surface area contributed by atoms with Gasteiger partial charge in [-0.15, -0.1) is 0 Å². The van der Waals surface area contributed by atoms with Crippen molar-refractivity contribution in [2.24, 2.45) is 5.73 Å². The molecule has 2 fully saturated rings. The Bertz CT molecular complexity index is 429. The molecule has 0 saturated carbocycles. The van der Waals surface area contributed by atoms with Crippen LogP contribution in [0.5, 0.6) is 0 Å². The summed E-state index contributed by atoms with van der Waals surface area (Å²) >= 11 is 0. The Hall–Kier alpha value is -0.860. The minimum Gasteiger partial charge on any atom is -0.328 e. The molecule has 1 aromatic rings. The molecule has 2 saturated heterocycles. The fourth-order valence-electron chi connectivity index (χ4n) is 4.31. The van der Waals surface area contributed by atoms with Crippen molar-refractivity contribution in [1.82, 2.24) is 4.90 Å². The fraction of sp³-hybridized carbons (Fsp3) is 0.647. The largest absolute Gasteiger partial charge is 0.328 e. The van der Waals surface area contributed by atoms with Crippen molar-refractivity contribution in [2.45, 2.75) is 70.1 Å². The number of aryl methyl sites for hydroxylation is 1. The Morgan fingerprint density at radius 3 is 2.42 bits per heavy atom. The SMILES string of the molecule is Cc1ccccc1C(C)N1C2CCCC1CC(N)C2. The van der Waals surface area contributed by atoms with Crippen molar-refractivity contribution in [2.75, 3.05) is 0 Å². The molecule has 3 unspecified atom stereocenters. The predicted octanol–water partition coefficient (Wildman–Crippen LogP) is 3.40. The molecule has 0 spiro atoms. The molecule has 2 nitrogen and oxygen atoms in total. The van der Waals surface area contributed by atoms with Crippen LogP contribution in [0, 0.1) is 6.92 Å². The molecule has 2 N–H and O–H groups in total. The molecule has 2 bridgehead atoms. The van der Waals surface area contributed by atoms with E-state index < -0.39 is 0 Å². The van der Waals surface area contributed by atoms with Gasteiger partial charge in [0.15, 0.2) is 0 Å². The highest BCUT2D eigenvalue weighted by Gasteiger charge is 2.39. The van der Waals surface area contributed by atoms with Crippen LogP contribution in [0.15, 0.2) is 24.3 Å². The number of piperidine rings is 2. The molecule has 0 amide bonds. The van der Waals surface area contributed by atoms with Crippen molar-refractivity contribution in [3.63, 3.8) is 0 Å². The van der Waals surface area contributed by atoms with Crippen molar-refractivity contribution < 1.29 is 0 Å². The van der Waals surface area contributed by atoms with Gasteiger partial charge in [-0.05, 0) is 50.7 Å². The van der Waals surface area contributed by atoms with E-state index in [0.717, 1.165) is 0 Å². The number of nitrogens with zero attached hydrogens (tertiary/aromatic N) is 1. The second kappa shape index (κ2) is 5.26. The molecule has 1 aromatic carbocycles. The Morgan fingerprint density at radius 1 is 1.16 bits per heavy atom. The third-order valence-electron chi connectivity index (χ3n) is 5.15. The average Bonchev–Trinajstić information content (AvgIpc) is 2.37. The molecule has 0 aromatic heterocycles. The van der Waals surface area contributed by atoms with E-state index in [1.54, 1.807) is 0 Å². The lowest BCUT2D eigenvalue weighted by molar-refractivity contribution is -0.000685. The number of nitrogens with two attached hydrogens (primary N) is 1. The summed E-state index contributed by atoms with van der Waals surface area (Å²) in [7, 11) is 0. The number of hydrogen-bond acceptors (Lipinski definition) is 2. The van der Waals surface area contributed by atoms with Crippen LogP contribution in [0.3, 0.4) is 0 Å². The lowest BCUT2D eigenvalue weighted by atomic mass is 9.80. The Kier molecular flexibility index (Phi) is 3.64. The number of rotatable bonds is 2. The molecular formula is C17H26N2. The maximum absolute atomic E-state index is 6.23. The van der Waals surface area contributed by atoms with Crippen LogP contribution in [0.1, 0.15) is 56.2 Å². The van der Waals surface area contributed by atoms with Gasteiger partial charge in [0.05, 0.1) is 0 Å². The van der Waals surface area contributed by atoms with Crippen LogP contribution >= 0.6 is 0 Å². The molecule has 3 rings (SSSR count). The molecule has 2 heteroatoms. The topological polar surface area (TPSA) is 29.3 Å². The van der Waals surface area contributed by atoms with E-state index in [4.69, 9.17) is 5.73 Å². The van der Waals surface area contributed by atoms with E-state index in [1.165, 1.54) is 43.2 Å². The Balaban J connectivity index is 1.87. The molecular weight excluding hydrogens is 232 g/mol. The van der Waals surface area contributed by atoms with Gasteiger partial charge < -0.3 is 5.73 Å². The minimum atomic E-state index is 0.427. The van der Waals surface area contributed by atoms with Crippen molar-refractivity contribution in [3.05, 3.63) is 35.4 Å². The minimum absolute atomic E-state index is 0.427. The lowest BCUT2D eigenvalue weighted by Gasteiger charge is -2.51. The predicted molar refractivity (Wildman–Crippen MR) is 80.1 cm³/mol. The first-order valence-electron chi connectivity index (χ1n) is 7.75. The molecule has 0 aliphatic carbocycles.